The molecule has 1 N–H and O–H groups in total. The van der Waals surface area contributed by atoms with Crippen LogP contribution in [0.5, 0.6) is 5.88 Å². The fraction of sp³-hybridized carbons (Fsp3) is 0.167. The molecule has 0 spiro atoms. The van der Waals surface area contributed by atoms with E-state index in [4.69, 9.17) is 9.84 Å². The number of nitrogens with zero attached hydrogens (tertiary/aromatic N) is 1. The van der Waals surface area contributed by atoms with Crippen molar-refractivity contribution >= 4 is 16.9 Å². The average molecular weight is 271 g/mol. The summed E-state index contributed by atoms with van der Waals surface area (Å²) in [7, 11) is 1.24. The lowest BCUT2D eigenvalue weighted by atomic mass is 10.1. The minimum Gasteiger partial charge on any atom is -0.480 e. The van der Waals surface area contributed by atoms with E-state index in [9.17, 15) is 18.0 Å². The van der Waals surface area contributed by atoms with Crippen LogP contribution in [0.3, 0.4) is 0 Å². The van der Waals surface area contributed by atoms with E-state index in [0.29, 0.717) is 0 Å². The number of aromatic carboxylic acids is 1. The van der Waals surface area contributed by atoms with Crippen molar-refractivity contribution < 1.29 is 27.8 Å². The van der Waals surface area contributed by atoms with Gasteiger partial charge in [0.1, 0.15) is 5.56 Å². The summed E-state index contributed by atoms with van der Waals surface area (Å²) in [5, 5.41) is 9.03. The summed E-state index contributed by atoms with van der Waals surface area (Å²) in [5.74, 6) is -1.46. The molecule has 0 amide bonds. The summed E-state index contributed by atoms with van der Waals surface area (Å²) in [4.78, 5) is 14.8. The van der Waals surface area contributed by atoms with Crippen LogP contribution in [0, 0.1) is 0 Å². The number of rotatable bonds is 2. The normalized spacial score (nSPS) is 11.6. The SMILES string of the molecule is COc1nc2ccc(C(F)(F)F)cc2cc1C(=O)O. The number of carboxylic acid groups (broad SMARTS) is 1. The van der Waals surface area contributed by atoms with Crippen molar-refractivity contribution in [3.63, 3.8) is 0 Å². The van der Waals surface area contributed by atoms with Crippen molar-refractivity contribution in [1.82, 2.24) is 4.98 Å². The molecule has 1 aromatic heterocycles. The molecule has 4 nitrogen and oxygen atoms in total. The summed E-state index contributed by atoms with van der Waals surface area (Å²) in [6.45, 7) is 0. The number of halogens is 3. The number of benzene rings is 1. The molecular formula is C12H8F3NO3. The molecule has 0 radical (unpaired) electrons. The quantitative estimate of drug-likeness (QED) is 0.912. The maximum Gasteiger partial charge on any atom is 0.416 e. The number of aromatic nitrogens is 1. The molecule has 2 aromatic rings. The summed E-state index contributed by atoms with van der Waals surface area (Å²) < 4.78 is 42.5. The third-order valence-corrected chi connectivity index (χ3v) is 2.53. The Kier molecular flexibility index (Phi) is 3.05. The van der Waals surface area contributed by atoms with E-state index < -0.39 is 17.7 Å². The molecule has 19 heavy (non-hydrogen) atoms. The van der Waals surface area contributed by atoms with Crippen LogP contribution in [-0.4, -0.2) is 23.2 Å². The van der Waals surface area contributed by atoms with Crippen LogP contribution >= 0.6 is 0 Å². The van der Waals surface area contributed by atoms with Crippen LogP contribution in [0.15, 0.2) is 24.3 Å². The smallest absolute Gasteiger partial charge is 0.416 e. The molecule has 7 heteroatoms. The van der Waals surface area contributed by atoms with Crippen molar-refractivity contribution in [3.8, 4) is 5.88 Å². The van der Waals surface area contributed by atoms with Crippen LogP contribution in [0.25, 0.3) is 10.9 Å². The van der Waals surface area contributed by atoms with Gasteiger partial charge in [-0.25, -0.2) is 9.78 Å². The van der Waals surface area contributed by atoms with Gasteiger partial charge in [0.2, 0.25) is 5.88 Å². The maximum absolute atomic E-state index is 12.6. The molecule has 1 aromatic carbocycles. The number of pyridine rings is 1. The number of carboxylic acids is 1. The minimum atomic E-state index is -4.49. The monoisotopic (exact) mass is 271 g/mol. The number of carbonyl (C=O) groups is 1. The van der Waals surface area contributed by atoms with Crippen molar-refractivity contribution in [1.29, 1.82) is 0 Å². The fourth-order valence-electron chi connectivity index (χ4n) is 1.64. The second-order valence-corrected chi connectivity index (χ2v) is 3.76. The van der Waals surface area contributed by atoms with Gasteiger partial charge in [-0.2, -0.15) is 13.2 Å². The molecule has 0 atom stereocenters. The second kappa shape index (κ2) is 4.42. The third kappa shape index (κ3) is 2.44. The lowest BCUT2D eigenvalue weighted by Crippen LogP contribution is -2.06. The highest BCUT2D eigenvalue weighted by molar-refractivity contribution is 5.95. The summed E-state index contributed by atoms with van der Waals surface area (Å²) in [6, 6.07) is 4.02. The van der Waals surface area contributed by atoms with Gasteiger partial charge >= 0.3 is 12.1 Å². The highest BCUT2D eigenvalue weighted by Crippen LogP contribution is 2.32. The number of hydrogen-bond donors (Lipinski definition) is 1. The Balaban J connectivity index is 2.69. The zero-order valence-corrected chi connectivity index (χ0v) is 9.65. The van der Waals surface area contributed by atoms with Gasteiger partial charge < -0.3 is 9.84 Å². The van der Waals surface area contributed by atoms with Gasteiger partial charge in [-0.3, -0.25) is 0 Å². The molecule has 0 fully saturated rings. The Labute approximate surface area is 105 Å². The first-order chi connectivity index (χ1) is 8.82. The van der Waals surface area contributed by atoms with Crippen molar-refractivity contribution in [3.05, 3.63) is 35.4 Å². The number of hydrogen-bond acceptors (Lipinski definition) is 3. The van der Waals surface area contributed by atoms with E-state index in [1.807, 2.05) is 0 Å². The topological polar surface area (TPSA) is 59.4 Å². The van der Waals surface area contributed by atoms with E-state index in [1.54, 1.807) is 0 Å². The third-order valence-electron chi connectivity index (χ3n) is 2.53. The summed E-state index contributed by atoms with van der Waals surface area (Å²) >= 11 is 0. The maximum atomic E-state index is 12.6. The largest absolute Gasteiger partial charge is 0.480 e. The Hall–Kier alpha value is -2.31. The summed E-state index contributed by atoms with van der Waals surface area (Å²) in [5.41, 5.74) is -0.910. The zero-order chi connectivity index (χ0) is 14.2. The number of methoxy groups -OCH3 is 1. The Morgan fingerprint density at radius 1 is 1.32 bits per heavy atom. The highest BCUT2D eigenvalue weighted by atomic mass is 19.4. The van der Waals surface area contributed by atoms with Gasteiger partial charge in [-0.05, 0) is 24.3 Å². The van der Waals surface area contributed by atoms with E-state index in [1.165, 1.54) is 13.2 Å². The second-order valence-electron chi connectivity index (χ2n) is 3.76. The van der Waals surface area contributed by atoms with Gasteiger partial charge in [0.05, 0.1) is 18.2 Å². The van der Waals surface area contributed by atoms with E-state index in [2.05, 4.69) is 4.98 Å². The zero-order valence-electron chi connectivity index (χ0n) is 9.65. The molecule has 0 saturated heterocycles. The molecule has 100 valence electrons. The lowest BCUT2D eigenvalue weighted by Gasteiger charge is -2.09. The van der Waals surface area contributed by atoms with Gasteiger partial charge in [0, 0.05) is 5.39 Å². The van der Waals surface area contributed by atoms with E-state index >= 15 is 0 Å². The van der Waals surface area contributed by atoms with E-state index in [0.717, 1.165) is 18.2 Å². The average Bonchev–Trinajstić information content (AvgIpc) is 2.35. The van der Waals surface area contributed by atoms with Gasteiger partial charge in [-0.1, -0.05) is 0 Å². The number of alkyl halides is 3. The molecule has 2 rings (SSSR count). The van der Waals surface area contributed by atoms with Crippen LogP contribution < -0.4 is 4.74 Å². The lowest BCUT2D eigenvalue weighted by molar-refractivity contribution is -0.137. The van der Waals surface area contributed by atoms with Crippen LogP contribution in [0.2, 0.25) is 0 Å². The first-order valence-corrected chi connectivity index (χ1v) is 5.12. The van der Waals surface area contributed by atoms with Crippen molar-refractivity contribution in [2.45, 2.75) is 6.18 Å². The molecule has 0 saturated carbocycles. The van der Waals surface area contributed by atoms with Crippen molar-refractivity contribution in [2.24, 2.45) is 0 Å². The van der Waals surface area contributed by atoms with Gasteiger partial charge in [0.15, 0.2) is 0 Å². The Bertz CT molecular complexity index is 652. The van der Waals surface area contributed by atoms with Crippen LogP contribution in [-0.2, 0) is 6.18 Å². The summed E-state index contributed by atoms with van der Waals surface area (Å²) in [6.07, 6.45) is -4.49. The number of ether oxygens (including phenoxy) is 1. The number of fused-ring (bicyclic) bond motifs is 1. The van der Waals surface area contributed by atoms with Gasteiger partial charge in [0.25, 0.3) is 0 Å². The van der Waals surface area contributed by atoms with Gasteiger partial charge in [-0.15, -0.1) is 0 Å². The first-order valence-electron chi connectivity index (χ1n) is 5.12. The van der Waals surface area contributed by atoms with Crippen molar-refractivity contribution in [2.75, 3.05) is 7.11 Å². The minimum absolute atomic E-state index is 0.0908. The van der Waals surface area contributed by atoms with Crippen LogP contribution in [0.1, 0.15) is 15.9 Å². The molecular weight excluding hydrogens is 263 g/mol. The molecule has 1 heterocycles. The Morgan fingerprint density at radius 3 is 2.53 bits per heavy atom. The molecule has 0 aliphatic carbocycles. The standard InChI is InChI=1S/C12H8F3NO3/c1-19-10-8(11(17)18)5-6-4-7(12(13,14)15)2-3-9(6)16-10/h2-5H,1H3,(H,17,18). The highest BCUT2D eigenvalue weighted by Gasteiger charge is 2.30. The molecule has 0 aliphatic heterocycles. The fourth-order valence-corrected chi connectivity index (χ4v) is 1.64. The molecule has 0 aliphatic rings. The molecule has 0 bridgehead atoms. The predicted molar refractivity (Wildman–Crippen MR) is 60.3 cm³/mol. The Morgan fingerprint density at radius 2 is 2.00 bits per heavy atom. The molecule has 0 unspecified atom stereocenters. The van der Waals surface area contributed by atoms with Crippen LogP contribution in [0.4, 0.5) is 13.2 Å². The first kappa shape index (κ1) is 13.1. The predicted octanol–water partition coefficient (Wildman–Crippen LogP) is 2.96. The van der Waals surface area contributed by atoms with E-state index in [-0.39, 0.29) is 22.3 Å².